The zero-order valence-electron chi connectivity index (χ0n) is 6.57. The maximum absolute atomic E-state index is 10.6. The summed E-state index contributed by atoms with van der Waals surface area (Å²) < 4.78 is 28.1. The normalized spacial score (nSPS) is 15.6. The van der Waals surface area contributed by atoms with Gasteiger partial charge in [0.05, 0.1) is 6.61 Å². The number of hydrogen-bond donors (Lipinski definition) is 4. The molecule has 0 saturated carbocycles. The quantitative estimate of drug-likeness (QED) is 0.398. The molecule has 1 atom stereocenters. The summed E-state index contributed by atoms with van der Waals surface area (Å²) in [5.74, 6) is 0. The third-order valence-corrected chi connectivity index (χ3v) is 2.72. The van der Waals surface area contributed by atoms with Crippen LogP contribution in [0.3, 0.4) is 0 Å². The summed E-state index contributed by atoms with van der Waals surface area (Å²) in [7, 11) is -9.66. The first kappa shape index (κ1) is 15.4. The molecule has 0 aromatic heterocycles. The molecule has 13 heavy (non-hydrogen) atoms. The van der Waals surface area contributed by atoms with E-state index >= 15 is 0 Å². The molecule has 0 radical (unpaired) electrons. The van der Waals surface area contributed by atoms with Crippen LogP contribution < -0.4 is 6.15 Å². The lowest BCUT2D eigenvalue weighted by molar-refractivity contribution is 0.191. The summed E-state index contributed by atoms with van der Waals surface area (Å²) in [5, 5.41) is 0. The van der Waals surface area contributed by atoms with Gasteiger partial charge in [0.25, 0.3) is 0 Å². The number of rotatable bonds is 5. The van der Waals surface area contributed by atoms with Crippen LogP contribution in [0.15, 0.2) is 12.7 Å². The van der Waals surface area contributed by atoms with E-state index in [1.54, 1.807) is 0 Å². The molecule has 0 aromatic rings. The van der Waals surface area contributed by atoms with E-state index in [0.717, 1.165) is 6.08 Å². The van der Waals surface area contributed by atoms with E-state index < -0.39 is 15.6 Å². The summed E-state index contributed by atoms with van der Waals surface area (Å²) in [6, 6.07) is 0. The smallest absolute Gasteiger partial charge is 0.344 e. The first-order valence-electron chi connectivity index (χ1n) is 2.62. The van der Waals surface area contributed by atoms with Gasteiger partial charge in [-0.3, -0.25) is 4.52 Å². The fraction of sp³-hybridized carbons (Fsp3) is 0.333. The van der Waals surface area contributed by atoms with Crippen LogP contribution in [0.1, 0.15) is 0 Å². The van der Waals surface area contributed by atoms with E-state index in [1.807, 2.05) is 0 Å². The first-order valence-corrected chi connectivity index (χ1v) is 5.64. The third kappa shape index (κ3) is 9.88. The Morgan fingerprint density at radius 1 is 1.31 bits per heavy atom. The Kier molecular flexibility index (Phi) is 6.70. The van der Waals surface area contributed by atoms with Gasteiger partial charge in [-0.05, 0) is 0 Å². The zero-order valence-corrected chi connectivity index (χ0v) is 8.36. The van der Waals surface area contributed by atoms with E-state index in [2.05, 4.69) is 15.4 Å². The molecule has 10 heteroatoms. The fourth-order valence-electron chi connectivity index (χ4n) is 0.305. The molecule has 80 valence electrons. The largest absolute Gasteiger partial charge is 0.481 e. The van der Waals surface area contributed by atoms with Crippen LogP contribution in [0.4, 0.5) is 0 Å². The van der Waals surface area contributed by atoms with Crippen molar-refractivity contribution >= 4 is 15.6 Å². The maximum atomic E-state index is 10.6. The van der Waals surface area contributed by atoms with E-state index in [9.17, 15) is 9.13 Å². The van der Waals surface area contributed by atoms with Gasteiger partial charge >= 0.3 is 15.6 Å². The van der Waals surface area contributed by atoms with Crippen molar-refractivity contribution < 1.29 is 32.6 Å². The average molecular weight is 235 g/mol. The zero-order chi connectivity index (χ0) is 9.83. The highest BCUT2D eigenvalue weighted by Crippen LogP contribution is 2.57. The minimum Gasteiger partial charge on any atom is -0.344 e. The second-order valence-corrected chi connectivity index (χ2v) is 4.45. The minimum atomic E-state index is -5.00. The summed E-state index contributed by atoms with van der Waals surface area (Å²) in [6.07, 6.45) is 1.13. The van der Waals surface area contributed by atoms with Gasteiger partial charge in [-0.25, -0.2) is 9.13 Å². The van der Waals surface area contributed by atoms with Crippen molar-refractivity contribution in [1.29, 1.82) is 0 Å². The molecule has 0 rings (SSSR count). The highest BCUT2D eigenvalue weighted by atomic mass is 31.3. The number of phosphoric ester groups is 1. The topological polar surface area (TPSA) is 148 Å². The standard InChI is InChI=1S/C3H8O7P2.H3N/c1-2-3-9-12(7,8)10-11(4,5)6;/h2H,1,3H2,(H,7,8)(H2,4,5,6);1H3. The Balaban J connectivity index is 0. The lowest BCUT2D eigenvalue weighted by Crippen LogP contribution is -1.93. The second-order valence-electron chi connectivity index (χ2n) is 1.63. The van der Waals surface area contributed by atoms with E-state index in [4.69, 9.17) is 14.7 Å². The van der Waals surface area contributed by atoms with E-state index in [-0.39, 0.29) is 12.8 Å². The second kappa shape index (κ2) is 5.64. The van der Waals surface area contributed by atoms with Crippen molar-refractivity contribution in [3.05, 3.63) is 12.7 Å². The summed E-state index contributed by atoms with van der Waals surface area (Å²) in [6.45, 7) is 2.81. The molecule has 0 heterocycles. The summed E-state index contributed by atoms with van der Waals surface area (Å²) in [4.78, 5) is 24.8. The van der Waals surface area contributed by atoms with Crippen molar-refractivity contribution in [2.24, 2.45) is 0 Å². The van der Waals surface area contributed by atoms with Crippen LogP contribution in [0.2, 0.25) is 0 Å². The number of hydrogen-bond acceptors (Lipinski definition) is 5. The van der Waals surface area contributed by atoms with Crippen LogP contribution in [-0.4, -0.2) is 21.3 Å². The first-order chi connectivity index (χ1) is 5.27. The molecule has 0 saturated heterocycles. The molecule has 1 unspecified atom stereocenters. The molecule has 8 nitrogen and oxygen atoms in total. The van der Waals surface area contributed by atoms with Crippen molar-refractivity contribution in [3.63, 3.8) is 0 Å². The molecule has 6 N–H and O–H groups in total. The lowest BCUT2D eigenvalue weighted by atomic mass is 10.7. The fourth-order valence-corrected chi connectivity index (χ4v) is 1.86. The summed E-state index contributed by atoms with van der Waals surface area (Å²) in [5.41, 5.74) is 0. The SMILES string of the molecule is C=CCOP(=O)(O)OP(=O)(O)O.N. The van der Waals surface area contributed by atoms with Crippen LogP contribution in [0.5, 0.6) is 0 Å². The van der Waals surface area contributed by atoms with Gasteiger partial charge < -0.3 is 20.8 Å². The van der Waals surface area contributed by atoms with Crippen LogP contribution in [0.25, 0.3) is 0 Å². The molecule has 0 bridgehead atoms. The monoisotopic (exact) mass is 235 g/mol. The molecule has 0 aliphatic heterocycles. The van der Waals surface area contributed by atoms with Crippen molar-refractivity contribution in [2.45, 2.75) is 0 Å². The predicted molar refractivity (Wildman–Crippen MR) is 44.1 cm³/mol. The van der Waals surface area contributed by atoms with Gasteiger partial charge in [-0.15, -0.1) is 6.58 Å². The molecule has 0 aromatic carbocycles. The molecule has 0 amide bonds. The molecule has 0 fully saturated rings. The molecule has 0 aliphatic rings. The Hall–Kier alpha value is -0.0400. The molecular weight excluding hydrogens is 224 g/mol. The Bertz CT molecular complexity index is 246. The highest BCUT2D eigenvalue weighted by Gasteiger charge is 2.31. The Labute approximate surface area is 74.6 Å². The van der Waals surface area contributed by atoms with Crippen molar-refractivity contribution in [1.82, 2.24) is 6.15 Å². The van der Waals surface area contributed by atoms with Gasteiger partial charge in [-0.2, -0.15) is 4.31 Å². The van der Waals surface area contributed by atoms with Crippen molar-refractivity contribution in [2.75, 3.05) is 6.61 Å². The Morgan fingerprint density at radius 2 is 1.77 bits per heavy atom. The Morgan fingerprint density at radius 3 is 2.08 bits per heavy atom. The van der Waals surface area contributed by atoms with Gasteiger partial charge in [-0.1, -0.05) is 6.08 Å². The molecular formula is C3H11NO7P2. The van der Waals surface area contributed by atoms with E-state index in [0.29, 0.717) is 0 Å². The van der Waals surface area contributed by atoms with Crippen molar-refractivity contribution in [3.8, 4) is 0 Å². The minimum absolute atomic E-state index is 0. The lowest BCUT2D eigenvalue weighted by Gasteiger charge is -2.10. The van der Waals surface area contributed by atoms with Gasteiger partial charge in [0.1, 0.15) is 0 Å². The average Bonchev–Trinajstić information content (AvgIpc) is 1.78. The highest BCUT2D eigenvalue weighted by molar-refractivity contribution is 7.60. The molecule has 0 spiro atoms. The summed E-state index contributed by atoms with van der Waals surface area (Å²) >= 11 is 0. The van der Waals surface area contributed by atoms with Gasteiger partial charge in [0.15, 0.2) is 0 Å². The number of phosphoric acid groups is 2. The maximum Gasteiger partial charge on any atom is 0.481 e. The van der Waals surface area contributed by atoms with Gasteiger partial charge in [0.2, 0.25) is 0 Å². The van der Waals surface area contributed by atoms with Crippen LogP contribution in [0, 0.1) is 0 Å². The van der Waals surface area contributed by atoms with Crippen LogP contribution >= 0.6 is 15.6 Å². The predicted octanol–water partition coefficient (Wildman–Crippen LogP) is 0.561. The molecule has 0 aliphatic carbocycles. The van der Waals surface area contributed by atoms with E-state index in [1.165, 1.54) is 0 Å². The van der Waals surface area contributed by atoms with Gasteiger partial charge in [0, 0.05) is 0 Å². The third-order valence-electron chi connectivity index (χ3n) is 0.565. The van der Waals surface area contributed by atoms with Crippen LogP contribution in [-0.2, 0) is 18.0 Å².